The predicted octanol–water partition coefficient (Wildman–Crippen LogP) is 2.20. The van der Waals surface area contributed by atoms with Crippen LogP contribution >= 0.6 is 12.4 Å². The van der Waals surface area contributed by atoms with Crippen LogP contribution in [-0.4, -0.2) is 10.9 Å². The largest absolute Gasteiger partial charge is 0.366 e. The maximum absolute atomic E-state index is 11.1. The Morgan fingerprint density at radius 1 is 1.13 bits per heavy atom. The standard InChI is InChI=1S/C11H10N2O.ClH/c12-11(14)9-5-2-1-4-8(9)10-6-3-7-13-10;/h1-7,13H,(H2,12,14);1H. The number of hydrogen-bond donors (Lipinski definition) is 2. The van der Waals surface area contributed by atoms with Crippen LogP contribution in [0, 0.1) is 0 Å². The Hall–Kier alpha value is -1.74. The number of rotatable bonds is 2. The van der Waals surface area contributed by atoms with Crippen molar-refractivity contribution in [2.24, 2.45) is 5.73 Å². The summed E-state index contributed by atoms with van der Waals surface area (Å²) in [5.74, 6) is -0.407. The van der Waals surface area contributed by atoms with Crippen molar-refractivity contribution in [3.05, 3.63) is 48.2 Å². The molecule has 0 bridgehead atoms. The van der Waals surface area contributed by atoms with Gasteiger partial charge in [0.05, 0.1) is 0 Å². The van der Waals surface area contributed by atoms with Crippen molar-refractivity contribution in [1.82, 2.24) is 4.98 Å². The van der Waals surface area contributed by atoms with Crippen LogP contribution in [0.25, 0.3) is 11.3 Å². The fourth-order valence-corrected chi connectivity index (χ4v) is 1.43. The van der Waals surface area contributed by atoms with E-state index in [2.05, 4.69) is 4.98 Å². The van der Waals surface area contributed by atoms with Crippen LogP contribution < -0.4 is 5.73 Å². The molecular formula is C11H11ClN2O. The van der Waals surface area contributed by atoms with Gasteiger partial charge in [-0.25, -0.2) is 0 Å². The van der Waals surface area contributed by atoms with E-state index >= 15 is 0 Å². The molecular weight excluding hydrogens is 212 g/mol. The molecule has 0 radical (unpaired) electrons. The third-order valence-corrected chi connectivity index (χ3v) is 2.08. The molecule has 0 saturated heterocycles. The predicted molar refractivity (Wildman–Crippen MR) is 62.0 cm³/mol. The van der Waals surface area contributed by atoms with E-state index in [0.717, 1.165) is 11.3 Å². The molecule has 1 amide bonds. The minimum atomic E-state index is -0.407. The molecule has 0 spiro atoms. The molecule has 2 rings (SSSR count). The Morgan fingerprint density at radius 2 is 1.87 bits per heavy atom. The number of carbonyl (C=O) groups is 1. The average molecular weight is 223 g/mol. The molecule has 0 saturated carbocycles. The minimum Gasteiger partial charge on any atom is -0.366 e. The number of carbonyl (C=O) groups excluding carboxylic acids is 1. The lowest BCUT2D eigenvalue weighted by Gasteiger charge is -2.03. The molecule has 0 unspecified atom stereocenters. The number of aromatic nitrogens is 1. The molecule has 0 aliphatic carbocycles. The van der Waals surface area contributed by atoms with Crippen LogP contribution in [0.1, 0.15) is 10.4 Å². The van der Waals surface area contributed by atoms with Crippen LogP contribution in [0.4, 0.5) is 0 Å². The van der Waals surface area contributed by atoms with E-state index in [-0.39, 0.29) is 12.4 Å². The van der Waals surface area contributed by atoms with Crippen LogP contribution in [0.2, 0.25) is 0 Å². The monoisotopic (exact) mass is 222 g/mol. The lowest BCUT2D eigenvalue weighted by atomic mass is 10.0. The average Bonchev–Trinajstić information content (AvgIpc) is 2.70. The smallest absolute Gasteiger partial charge is 0.249 e. The molecule has 2 aromatic rings. The second-order valence-corrected chi connectivity index (χ2v) is 2.99. The lowest BCUT2D eigenvalue weighted by molar-refractivity contribution is 0.100. The van der Waals surface area contributed by atoms with Crippen molar-refractivity contribution < 1.29 is 4.79 Å². The number of benzene rings is 1. The quantitative estimate of drug-likeness (QED) is 0.804. The third-order valence-electron chi connectivity index (χ3n) is 2.08. The molecule has 0 aliphatic rings. The zero-order valence-electron chi connectivity index (χ0n) is 7.94. The highest BCUT2D eigenvalue weighted by Crippen LogP contribution is 2.20. The first-order valence-corrected chi connectivity index (χ1v) is 4.31. The molecule has 1 heterocycles. The van der Waals surface area contributed by atoms with Gasteiger partial charge in [-0.05, 0) is 18.2 Å². The van der Waals surface area contributed by atoms with Crippen LogP contribution in [0.5, 0.6) is 0 Å². The van der Waals surface area contributed by atoms with Gasteiger partial charge >= 0.3 is 0 Å². The minimum absolute atomic E-state index is 0. The fourth-order valence-electron chi connectivity index (χ4n) is 1.43. The molecule has 1 aromatic carbocycles. The van der Waals surface area contributed by atoms with E-state index in [1.807, 2.05) is 30.5 Å². The topological polar surface area (TPSA) is 58.9 Å². The first-order chi connectivity index (χ1) is 6.79. The summed E-state index contributed by atoms with van der Waals surface area (Å²) in [5.41, 5.74) is 7.55. The van der Waals surface area contributed by atoms with Gasteiger partial charge in [-0.3, -0.25) is 4.79 Å². The van der Waals surface area contributed by atoms with E-state index in [9.17, 15) is 4.79 Å². The summed E-state index contributed by atoms with van der Waals surface area (Å²) in [5, 5.41) is 0. The third kappa shape index (κ3) is 2.19. The van der Waals surface area contributed by atoms with Crippen molar-refractivity contribution in [1.29, 1.82) is 0 Å². The van der Waals surface area contributed by atoms with Crippen LogP contribution in [-0.2, 0) is 0 Å². The Balaban J connectivity index is 0.00000112. The fraction of sp³-hybridized carbons (Fsp3) is 0. The van der Waals surface area contributed by atoms with Crippen molar-refractivity contribution in [3.63, 3.8) is 0 Å². The number of nitrogens with two attached hydrogens (primary N) is 1. The van der Waals surface area contributed by atoms with E-state index < -0.39 is 5.91 Å². The van der Waals surface area contributed by atoms with Crippen LogP contribution in [0.15, 0.2) is 42.6 Å². The lowest BCUT2D eigenvalue weighted by Crippen LogP contribution is -2.12. The number of nitrogens with one attached hydrogen (secondary N) is 1. The molecule has 4 heteroatoms. The highest BCUT2D eigenvalue weighted by Gasteiger charge is 2.08. The van der Waals surface area contributed by atoms with Crippen molar-refractivity contribution >= 4 is 18.3 Å². The second kappa shape index (κ2) is 4.66. The first-order valence-electron chi connectivity index (χ1n) is 4.31. The maximum atomic E-state index is 11.1. The Labute approximate surface area is 93.7 Å². The Morgan fingerprint density at radius 3 is 2.47 bits per heavy atom. The van der Waals surface area contributed by atoms with Crippen molar-refractivity contribution in [2.75, 3.05) is 0 Å². The Bertz CT molecular complexity index is 451. The molecule has 0 fully saturated rings. The van der Waals surface area contributed by atoms with Crippen molar-refractivity contribution in [2.45, 2.75) is 0 Å². The summed E-state index contributed by atoms with van der Waals surface area (Å²) in [4.78, 5) is 14.2. The number of halogens is 1. The molecule has 0 aliphatic heterocycles. The maximum Gasteiger partial charge on any atom is 0.249 e. The summed E-state index contributed by atoms with van der Waals surface area (Å²) in [7, 11) is 0. The second-order valence-electron chi connectivity index (χ2n) is 2.99. The number of H-pyrrole nitrogens is 1. The van der Waals surface area contributed by atoms with Gasteiger partial charge in [0.2, 0.25) is 5.91 Å². The van der Waals surface area contributed by atoms with Gasteiger partial charge in [-0.15, -0.1) is 12.4 Å². The molecule has 0 atom stereocenters. The highest BCUT2D eigenvalue weighted by atomic mass is 35.5. The normalized spacial score (nSPS) is 9.33. The molecule has 1 aromatic heterocycles. The number of amides is 1. The Kier molecular flexibility index (Phi) is 3.52. The summed E-state index contributed by atoms with van der Waals surface area (Å²) in [6.07, 6.45) is 1.81. The van der Waals surface area contributed by atoms with E-state index in [4.69, 9.17) is 5.73 Å². The van der Waals surface area contributed by atoms with Gasteiger partial charge in [-0.2, -0.15) is 0 Å². The number of primary amides is 1. The van der Waals surface area contributed by atoms with Gasteiger partial charge < -0.3 is 10.7 Å². The summed E-state index contributed by atoms with van der Waals surface area (Å²) in [6.45, 7) is 0. The summed E-state index contributed by atoms with van der Waals surface area (Å²) < 4.78 is 0. The zero-order chi connectivity index (χ0) is 9.97. The van der Waals surface area contributed by atoms with E-state index in [1.54, 1.807) is 12.1 Å². The number of hydrogen-bond acceptors (Lipinski definition) is 1. The summed E-state index contributed by atoms with van der Waals surface area (Å²) in [6, 6.07) is 11.1. The number of aromatic amines is 1. The first kappa shape index (κ1) is 11.3. The zero-order valence-corrected chi connectivity index (χ0v) is 8.75. The SMILES string of the molecule is Cl.NC(=O)c1ccccc1-c1ccc[nH]1. The van der Waals surface area contributed by atoms with Gasteiger partial charge in [-0.1, -0.05) is 18.2 Å². The van der Waals surface area contributed by atoms with Gasteiger partial charge in [0, 0.05) is 23.0 Å². The molecule has 15 heavy (non-hydrogen) atoms. The van der Waals surface area contributed by atoms with Crippen molar-refractivity contribution in [3.8, 4) is 11.3 Å². The van der Waals surface area contributed by atoms with Gasteiger partial charge in [0.25, 0.3) is 0 Å². The summed E-state index contributed by atoms with van der Waals surface area (Å²) >= 11 is 0. The highest BCUT2D eigenvalue weighted by molar-refractivity contribution is 5.99. The van der Waals surface area contributed by atoms with E-state index in [1.165, 1.54) is 0 Å². The van der Waals surface area contributed by atoms with Gasteiger partial charge in [0.15, 0.2) is 0 Å². The van der Waals surface area contributed by atoms with Gasteiger partial charge in [0.1, 0.15) is 0 Å². The van der Waals surface area contributed by atoms with E-state index in [0.29, 0.717) is 5.56 Å². The van der Waals surface area contributed by atoms with Crippen LogP contribution in [0.3, 0.4) is 0 Å². The molecule has 78 valence electrons. The molecule has 3 nitrogen and oxygen atoms in total. The molecule has 3 N–H and O–H groups in total.